The number of hydrogen-bond donors (Lipinski definition) is 1. The number of allylic oxidation sites excluding steroid dienone is 1. The van der Waals surface area contributed by atoms with Crippen LogP contribution in [0.15, 0.2) is 12.2 Å². The molecule has 1 nitrogen and oxygen atoms in total. The van der Waals surface area contributed by atoms with Crippen molar-refractivity contribution >= 4 is 0 Å². The highest BCUT2D eigenvalue weighted by Crippen LogP contribution is 2.27. The van der Waals surface area contributed by atoms with Crippen LogP contribution in [-0.4, -0.2) is 11.7 Å². The Hall–Kier alpha value is -0.300. The monoisotopic (exact) mass is 140 g/mol. The molecular weight excluding hydrogens is 124 g/mol. The van der Waals surface area contributed by atoms with Crippen molar-refractivity contribution in [1.82, 2.24) is 0 Å². The largest absolute Gasteiger partial charge is 0.392 e. The van der Waals surface area contributed by atoms with Gasteiger partial charge in [0.25, 0.3) is 0 Å². The Bertz CT molecular complexity index is 101. The maximum absolute atomic E-state index is 8.45. The molecule has 1 saturated carbocycles. The summed E-state index contributed by atoms with van der Waals surface area (Å²) in [5.41, 5.74) is 0. The van der Waals surface area contributed by atoms with Gasteiger partial charge in [-0.05, 0) is 12.3 Å². The fraction of sp³-hybridized carbons (Fsp3) is 0.778. The van der Waals surface area contributed by atoms with Gasteiger partial charge >= 0.3 is 0 Å². The molecule has 1 heteroatoms. The van der Waals surface area contributed by atoms with Crippen LogP contribution in [0.2, 0.25) is 0 Å². The summed E-state index contributed by atoms with van der Waals surface area (Å²) in [6.07, 6.45) is 10.8. The second-order valence-electron chi connectivity index (χ2n) is 3.04. The van der Waals surface area contributed by atoms with E-state index in [1.807, 2.05) is 6.08 Å². The first-order chi connectivity index (χ1) is 4.93. The van der Waals surface area contributed by atoms with Crippen molar-refractivity contribution in [3.8, 4) is 0 Å². The van der Waals surface area contributed by atoms with Crippen LogP contribution in [0.25, 0.3) is 0 Å². The number of aliphatic hydroxyl groups is 1. The van der Waals surface area contributed by atoms with Crippen molar-refractivity contribution in [3.05, 3.63) is 12.2 Å². The van der Waals surface area contributed by atoms with Crippen LogP contribution in [0.1, 0.15) is 32.1 Å². The number of aliphatic hydroxyl groups excluding tert-OH is 1. The zero-order valence-electron chi connectivity index (χ0n) is 6.42. The molecule has 0 atom stereocenters. The second-order valence-corrected chi connectivity index (χ2v) is 3.04. The van der Waals surface area contributed by atoms with Gasteiger partial charge in [-0.25, -0.2) is 0 Å². The lowest BCUT2D eigenvalue weighted by atomic mass is 10.0. The van der Waals surface area contributed by atoms with Gasteiger partial charge in [0.05, 0.1) is 6.61 Å². The lowest BCUT2D eigenvalue weighted by Gasteiger charge is -2.02. The molecule has 0 bridgehead atoms. The topological polar surface area (TPSA) is 20.2 Å². The Morgan fingerprint density at radius 1 is 1.20 bits per heavy atom. The average molecular weight is 140 g/mol. The molecule has 0 spiro atoms. The first-order valence-electron chi connectivity index (χ1n) is 4.19. The molecule has 0 aromatic rings. The van der Waals surface area contributed by atoms with Gasteiger partial charge in [0, 0.05) is 0 Å². The molecule has 0 heterocycles. The second kappa shape index (κ2) is 4.51. The van der Waals surface area contributed by atoms with E-state index in [1.165, 1.54) is 32.1 Å². The van der Waals surface area contributed by atoms with Crippen molar-refractivity contribution in [3.63, 3.8) is 0 Å². The fourth-order valence-electron chi connectivity index (χ4n) is 1.61. The van der Waals surface area contributed by atoms with E-state index < -0.39 is 0 Å². The van der Waals surface area contributed by atoms with Gasteiger partial charge < -0.3 is 5.11 Å². The third-order valence-corrected chi connectivity index (χ3v) is 2.22. The van der Waals surface area contributed by atoms with Crippen LogP contribution >= 0.6 is 0 Å². The zero-order valence-corrected chi connectivity index (χ0v) is 6.42. The molecule has 1 aliphatic carbocycles. The van der Waals surface area contributed by atoms with Crippen molar-refractivity contribution in [1.29, 1.82) is 0 Å². The summed E-state index contributed by atoms with van der Waals surface area (Å²) in [6.45, 7) is 0.201. The molecule has 10 heavy (non-hydrogen) atoms. The molecule has 0 saturated heterocycles. The SMILES string of the molecule is OCC=CCC1CCCC1. The molecule has 0 amide bonds. The standard InChI is InChI=1S/C9H16O/c10-8-4-3-7-9-5-1-2-6-9/h3-4,9-10H,1-2,5-8H2. The summed E-state index contributed by atoms with van der Waals surface area (Å²) in [4.78, 5) is 0. The van der Waals surface area contributed by atoms with Gasteiger partial charge in [0.15, 0.2) is 0 Å². The third-order valence-electron chi connectivity index (χ3n) is 2.22. The smallest absolute Gasteiger partial charge is 0.0612 e. The molecule has 0 aromatic heterocycles. The minimum atomic E-state index is 0.201. The Morgan fingerprint density at radius 2 is 1.90 bits per heavy atom. The van der Waals surface area contributed by atoms with E-state index in [0.717, 1.165) is 5.92 Å². The Balaban J connectivity index is 2.06. The van der Waals surface area contributed by atoms with E-state index >= 15 is 0 Å². The molecule has 1 rings (SSSR count). The Labute approximate surface area is 62.8 Å². The molecule has 0 radical (unpaired) electrons. The Kier molecular flexibility index (Phi) is 3.52. The van der Waals surface area contributed by atoms with E-state index in [-0.39, 0.29) is 6.61 Å². The first-order valence-corrected chi connectivity index (χ1v) is 4.19. The minimum absolute atomic E-state index is 0.201. The third kappa shape index (κ3) is 2.53. The van der Waals surface area contributed by atoms with Gasteiger partial charge in [0.1, 0.15) is 0 Å². The summed E-state index contributed by atoms with van der Waals surface area (Å²) >= 11 is 0. The number of hydrogen-bond acceptors (Lipinski definition) is 1. The molecule has 58 valence electrons. The van der Waals surface area contributed by atoms with Crippen molar-refractivity contribution in [2.75, 3.05) is 6.61 Å². The predicted molar refractivity (Wildman–Crippen MR) is 42.8 cm³/mol. The highest BCUT2D eigenvalue weighted by atomic mass is 16.2. The van der Waals surface area contributed by atoms with Crippen molar-refractivity contribution in [2.24, 2.45) is 5.92 Å². The van der Waals surface area contributed by atoms with E-state index in [2.05, 4.69) is 6.08 Å². The molecule has 0 aliphatic heterocycles. The first kappa shape index (κ1) is 7.80. The van der Waals surface area contributed by atoms with Crippen LogP contribution in [0.4, 0.5) is 0 Å². The summed E-state index contributed by atoms with van der Waals surface area (Å²) in [6, 6.07) is 0. The lowest BCUT2D eigenvalue weighted by Crippen LogP contribution is -1.89. The fourth-order valence-corrected chi connectivity index (χ4v) is 1.61. The normalized spacial score (nSPS) is 20.9. The molecule has 0 unspecified atom stereocenters. The zero-order chi connectivity index (χ0) is 7.23. The molecule has 1 N–H and O–H groups in total. The van der Waals surface area contributed by atoms with Gasteiger partial charge in [-0.3, -0.25) is 0 Å². The van der Waals surface area contributed by atoms with E-state index in [9.17, 15) is 0 Å². The number of rotatable bonds is 3. The van der Waals surface area contributed by atoms with Crippen LogP contribution in [-0.2, 0) is 0 Å². The van der Waals surface area contributed by atoms with Gasteiger partial charge in [-0.15, -0.1) is 0 Å². The van der Waals surface area contributed by atoms with Crippen LogP contribution < -0.4 is 0 Å². The van der Waals surface area contributed by atoms with E-state index in [4.69, 9.17) is 5.11 Å². The van der Waals surface area contributed by atoms with Gasteiger partial charge in [0.2, 0.25) is 0 Å². The van der Waals surface area contributed by atoms with E-state index in [1.54, 1.807) is 0 Å². The maximum atomic E-state index is 8.45. The molecule has 0 aromatic carbocycles. The average Bonchev–Trinajstić information content (AvgIpc) is 2.41. The molecule has 1 fully saturated rings. The molecule has 1 aliphatic rings. The lowest BCUT2D eigenvalue weighted by molar-refractivity contribution is 0.342. The van der Waals surface area contributed by atoms with Crippen molar-refractivity contribution < 1.29 is 5.11 Å². The van der Waals surface area contributed by atoms with Crippen LogP contribution in [0.3, 0.4) is 0 Å². The van der Waals surface area contributed by atoms with Crippen LogP contribution in [0.5, 0.6) is 0 Å². The predicted octanol–water partition coefficient (Wildman–Crippen LogP) is 2.12. The molecular formula is C9H16O. The summed E-state index contributed by atoms with van der Waals surface area (Å²) in [5, 5.41) is 8.45. The van der Waals surface area contributed by atoms with Gasteiger partial charge in [-0.1, -0.05) is 37.8 Å². The quantitative estimate of drug-likeness (QED) is 0.595. The summed E-state index contributed by atoms with van der Waals surface area (Å²) < 4.78 is 0. The highest BCUT2D eigenvalue weighted by Gasteiger charge is 2.12. The van der Waals surface area contributed by atoms with Gasteiger partial charge in [-0.2, -0.15) is 0 Å². The highest BCUT2D eigenvalue weighted by molar-refractivity contribution is 4.84. The summed E-state index contributed by atoms with van der Waals surface area (Å²) in [5.74, 6) is 0.919. The summed E-state index contributed by atoms with van der Waals surface area (Å²) in [7, 11) is 0. The van der Waals surface area contributed by atoms with E-state index in [0.29, 0.717) is 0 Å². The minimum Gasteiger partial charge on any atom is -0.392 e. The maximum Gasteiger partial charge on any atom is 0.0612 e. The Morgan fingerprint density at radius 3 is 2.50 bits per heavy atom. The van der Waals surface area contributed by atoms with Crippen molar-refractivity contribution in [2.45, 2.75) is 32.1 Å². The van der Waals surface area contributed by atoms with Crippen LogP contribution in [0, 0.1) is 5.92 Å².